The zero-order chi connectivity index (χ0) is 13.0. The van der Waals surface area contributed by atoms with E-state index in [0.717, 1.165) is 23.3 Å². The molecular formula is C14H17N3O. The monoisotopic (exact) mass is 243 g/mol. The molecule has 18 heavy (non-hydrogen) atoms. The maximum Gasteiger partial charge on any atom is 0.321 e. The Bertz CT molecular complexity index is 509. The quantitative estimate of drug-likeness (QED) is 0.896. The van der Waals surface area contributed by atoms with Crippen molar-refractivity contribution < 1.29 is 4.74 Å². The maximum atomic E-state index is 5.72. The first-order chi connectivity index (χ1) is 8.63. The van der Waals surface area contributed by atoms with Crippen LogP contribution < -0.4 is 10.5 Å². The molecule has 0 aliphatic rings. The van der Waals surface area contributed by atoms with Crippen LogP contribution in [0.3, 0.4) is 0 Å². The fourth-order valence-electron chi connectivity index (χ4n) is 1.66. The lowest BCUT2D eigenvalue weighted by molar-refractivity contribution is 0.440. The topological polar surface area (TPSA) is 61.0 Å². The average molecular weight is 243 g/mol. The fraction of sp³-hybridized carbons (Fsp3) is 0.286. The molecule has 2 aromatic rings. The summed E-state index contributed by atoms with van der Waals surface area (Å²) in [6.07, 6.45) is 4.27. The maximum absolute atomic E-state index is 5.72. The minimum atomic E-state index is 0.108. The Kier molecular flexibility index (Phi) is 3.89. The van der Waals surface area contributed by atoms with Gasteiger partial charge in [0.1, 0.15) is 5.75 Å². The van der Waals surface area contributed by atoms with Gasteiger partial charge < -0.3 is 10.5 Å². The second kappa shape index (κ2) is 5.60. The minimum Gasteiger partial charge on any atom is -0.424 e. The van der Waals surface area contributed by atoms with Crippen molar-refractivity contribution in [2.24, 2.45) is 5.73 Å². The molecule has 4 heteroatoms. The summed E-state index contributed by atoms with van der Waals surface area (Å²) in [6.45, 7) is 3.97. The summed E-state index contributed by atoms with van der Waals surface area (Å²) < 4.78 is 5.57. The minimum absolute atomic E-state index is 0.108. The number of nitrogens with two attached hydrogens (primary N) is 1. The van der Waals surface area contributed by atoms with Gasteiger partial charge in [0.05, 0.1) is 0 Å². The summed E-state index contributed by atoms with van der Waals surface area (Å²) >= 11 is 0. The van der Waals surface area contributed by atoms with E-state index in [9.17, 15) is 0 Å². The third-order valence-corrected chi connectivity index (χ3v) is 2.44. The summed E-state index contributed by atoms with van der Waals surface area (Å²) in [5.74, 6) is 0.745. The summed E-state index contributed by atoms with van der Waals surface area (Å²) in [6, 6.07) is 8.24. The van der Waals surface area contributed by atoms with Gasteiger partial charge in [-0.15, -0.1) is 0 Å². The van der Waals surface area contributed by atoms with E-state index in [4.69, 9.17) is 10.5 Å². The SMILES string of the molecule is Cc1cccc(Oc2ncc(CC(C)N)cn2)c1. The van der Waals surface area contributed by atoms with E-state index >= 15 is 0 Å². The van der Waals surface area contributed by atoms with Crippen molar-refractivity contribution in [1.29, 1.82) is 0 Å². The third kappa shape index (κ3) is 3.53. The second-order valence-corrected chi connectivity index (χ2v) is 4.47. The molecule has 1 aromatic carbocycles. The zero-order valence-electron chi connectivity index (χ0n) is 10.6. The Morgan fingerprint density at radius 1 is 1.28 bits per heavy atom. The molecule has 0 aliphatic heterocycles. The highest BCUT2D eigenvalue weighted by molar-refractivity contribution is 5.29. The van der Waals surface area contributed by atoms with E-state index in [0.29, 0.717) is 6.01 Å². The standard InChI is InChI=1S/C14H17N3O/c1-10-4-3-5-13(6-10)18-14-16-8-12(9-17-14)7-11(2)15/h3-6,8-9,11H,7,15H2,1-2H3. The van der Waals surface area contributed by atoms with Crippen LogP contribution in [0.1, 0.15) is 18.1 Å². The van der Waals surface area contributed by atoms with Gasteiger partial charge in [-0.2, -0.15) is 0 Å². The second-order valence-electron chi connectivity index (χ2n) is 4.47. The number of nitrogens with zero attached hydrogens (tertiary/aromatic N) is 2. The van der Waals surface area contributed by atoms with E-state index in [1.165, 1.54) is 0 Å². The molecule has 0 aliphatic carbocycles. The molecule has 0 amide bonds. The lowest BCUT2D eigenvalue weighted by Gasteiger charge is -2.06. The largest absolute Gasteiger partial charge is 0.424 e. The van der Waals surface area contributed by atoms with Crippen LogP contribution >= 0.6 is 0 Å². The Hall–Kier alpha value is -1.94. The molecule has 0 fully saturated rings. The molecule has 1 atom stereocenters. The van der Waals surface area contributed by atoms with E-state index in [2.05, 4.69) is 9.97 Å². The van der Waals surface area contributed by atoms with Crippen molar-refractivity contribution in [2.75, 3.05) is 0 Å². The molecule has 2 N–H and O–H groups in total. The average Bonchev–Trinajstić information content (AvgIpc) is 2.31. The molecule has 0 bridgehead atoms. The first kappa shape index (κ1) is 12.5. The van der Waals surface area contributed by atoms with Gasteiger partial charge in [0, 0.05) is 18.4 Å². The zero-order valence-corrected chi connectivity index (χ0v) is 10.6. The highest BCUT2D eigenvalue weighted by atomic mass is 16.5. The summed E-state index contributed by atoms with van der Waals surface area (Å²) in [5, 5.41) is 0. The molecule has 0 spiro atoms. The van der Waals surface area contributed by atoms with Crippen LogP contribution in [0.15, 0.2) is 36.7 Å². The molecule has 94 valence electrons. The molecule has 0 saturated heterocycles. The first-order valence-electron chi connectivity index (χ1n) is 5.94. The number of aromatic nitrogens is 2. The van der Waals surface area contributed by atoms with Crippen LogP contribution in [0.25, 0.3) is 0 Å². The molecule has 0 saturated carbocycles. The van der Waals surface area contributed by atoms with E-state index in [1.807, 2.05) is 38.1 Å². The van der Waals surface area contributed by atoms with Crippen LogP contribution in [-0.4, -0.2) is 16.0 Å². The van der Waals surface area contributed by atoms with Crippen LogP contribution in [0.4, 0.5) is 0 Å². The van der Waals surface area contributed by atoms with Gasteiger partial charge in [-0.25, -0.2) is 9.97 Å². The molecule has 4 nitrogen and oxygen atoms in total. The highest BCUT2D eigenvalue weighted by Gasteiger charge is 2.02. The van der Waals surface area contributed by atoms with Crippen molar-refractivity contribution in [2.45, 2.75) is 26.3 Å². The van der Waals surface area contributed by atoms with Gasteiger partial charge in [0.15, 0.2) is 0 Å². The molecular weight excluding hydrogens is 226 g/mol. The Labute approximate surface area is 107 Å². The fourth-order valence-corrected chi connectivity index (χ4v) is 1.66. The van der Waals surface area contributed by atoms with Gasteiger partial charge in [0.2, 0.25) is 0 Å². The number of hydrogen-bond donors (Lipinski definition) is 1. The number of rotatable bonds is 4. The van der Waals surface area contributed by atoms with Gasteiger partial charge in [-0.1, -0.05) is 12.1 Å². The third-order valence-electron chi connectivity index (χ3n) is 2.44. The van der Waals surface area contributed by atoms with Crippen molar-refractivity contribution in [3.63, 3.8) is 0 Å². The lowest BCUT2D eigenvalue weighted by Crippen LogP contribution is -2.17. The van der Waals surface area contributed by atoms with Crippen molar-refractivity contribution in [1.82, 2.24) is 9.97 Å². The smallest absolute Gasteiger partial charge is 0.321 e. The summed E-state index contributed by atoms with van der Waals surface area (Å²) in [5.41, 5.74) is 7.87. The van der Waals surface area contributed by atoms with E-state index in [-0.39, 0.29) is 6.04 Å². The Morgan fingerprint density at radius 2 is 2.00 bits per heavy atom. The molecule has 1 aromatic heterocycles. The predicted molar refractivity (Wildman–Crippen MR) is 70.6 cm³/mol. The van der Waals surface area contributed by atoms with Crippen LogP contribution in [0.5, 0.6) is 11.8 Å². The first-order valence-corrected chi connectivity index (χ1v) is 5.94. The van der Waals surface area contributed by atoms with Gasteiger partial charge in [-0.05, 0) is 43.5 Å². The molecule has 2 rings (SSSR count). The van der Waals surface area contributed by atoms with Crippen LogP contribution in [0.2, 0.25) is 0 Å². The van der Waals surface area contributed by atoms with Crippen LogP contribution in [-0.2, 0) is 6.42 Å². The van der Waals surface area contributed by atoms with Gasteiger partial charge in [0.25, 0.3) is 0 Å². The molecule has 1 unspecified atom stereocenters. The van der Waals surface area contributed by atoms with Crippen molar-refractivity contribution in [3.05, 3.63) is 47.8 Å². The Morgan fingerprint density at radius 3 is 2.61 bits per heavy atom. The predicted octanol–water partition coefficient (Wildman–Crippen LogP) is 2.47. The van der Waals surface area contributed by atoms with E-state index < -0.39 is 0 Å². The van der Waals surface area contributed by atoms with Crippen molar-refractivity contribution >= 4 is 0 Å². The van der Waals surface area contributed by atoms with Crippen molar-refractivity contribution in [3.8, 4) is 11.8 Å². The molecule has 1 heterocycles. The van der Waals surface area contributed by atoms with E-state index in [1.54, 1.807) is 12.4 Å². The summed E-state index contributed by atoms with van der Waals surface area (Å²) in [4.78, 5) is 8.34. The number of hydrogen-bond acceptors (Lipinski definition) is 4. The van der Waals surface area contributed by atoms with Gasteiger partial charge >= 0.3 is 6.01 Å². The highest BCUT2D eigenvalue weighted by Crippen LogP contribution is 2.18. The number of ether oxygens (including phenoxy) is 1. The lowest BCUT2D eigenvalue weighted by atomic mass is 10.1. The van der Waals surface area contributed by atoms with Gasteiger partial charge in [-0.3, -0.25) is 0 Å². The summed E-state index contributed by atoms with van der Waals surface area (Å²) in [7, 11) is 0. The number of benzene rings is 1. The normalized spacial score (nSPS) is 12.2. The Balaban J connectivity index is 2.06. The molecule has 0 radical (unpaired) electrons. The number of aryl methyl sites for hydroxylation is 1. The van der Waals surface area contributed by atoms with Crippen LogP contribution in [0, 0.1) is 6.92 Å².